The maximum Gasteiger partial charge on any atom is 0.150 e. The number of nitrogens with zero attached hydrogens (tertiary/aromatic N) is 1. The molecule has 0 atom stereocenters. The van der Waals surface area contributed by atoms with Crippen LogP contribution in [0.5, 0.6) is 11.5 Å². The minimum atomic E-state index is -0.548. The van der Waals surface area contributed by atoms with Crippen LogP contribution in [0.4, 0.5) is 4.39 Å². The molecule has 0 bridgehead atoms. The molecule has 0 aliphatic rings. The molecular weight excluding hydrogens is 322 g/mol. The highest BCUT2D eigenvalue weighted by molar-refractivity contribution is 9.10. The maximum absolute atomic E-state index is 13.4. The number of benzene rings is 1. The fourth-order valence-corrected chi connectivity index (χ4v) is 2.09. The molecule has 2 rings (SSSR count). The zero-order chi connectivity index (χ0) is 13.1. The molecule has 1 aromatic heterocycles. The van der Waals surface area contributed by atoms with Crippen molar-refractivity contribution in [3.8, 4) is 11.5 Å². The first kappa shape index (κ1) is 13.3. The minimum Gasteiger partial charge on any atom is -0.454 e. The molecule has 0 radical (unpaired) electrons. The Morgan fingerprint density at radius 1 is 1.39 bits per heavy atom. The van der Waals surface area contributed by atoms with Crippen molar-refractivity contribution in [1.29, 1.82) is 0 Å². The lowest BCUT2D eigenvalue weighted by molar-refractivity contribution is 0.465. The number of halogens is 3. The van der Waals surface area contributed by atoms with Gasteiger partial charge in [0, 0.05) is 24.4 Å². The average Bonchev–Trinajstić information content (AvgIpc) is 2.36. The highest BCUT2D eigenvalue weighted by Crippen LogP contribution is 2.34. The molecule has 18 heavy (non-hydrogen) atoms. The van der Waals surface area contributed by atoms with E-state index in [1.807, 2.05) is 0 Å². The lowest BCUT2D eigenvalue weighted by Gasteiger charge is -2.11. The molecule has 94 valence electrons. The Kier molecular flexibility index (Phi) is 4.16. The van der Waals surface area contributed by atoms with Gasteiger partial charge in [-0.3, -0.25) is 4.98 Å². The predicted molar refractivity (Wildman–Crippen MR) is 71.3 cm³/mol. The molecule has 6 heteroatoms. The van der Waals surface area contributed by atoms with Crippen LogP contribution in [-0.2, 0) is 6.54 Å². The van der Waals surface area contributed by atoms with Gasteiger partial charge in [-0.2, -0.15) is 0 Å². The first-order valence-electron chi connectivity index (χ1n) is 5.07. The van der Waals surface area contributed by atoms with Gasteiger partial charge in [-0.1, -0.05) is 11.6 Å². The monoisotopic (exact) mass is 330 g/mol. The van der Waals surface area contributed by atoms with Crippen molar-refractivity contribution in [3.05, 3.63) is 51.5 Å². The molecule has 0 aliphatic carbocycles. The van der Waals surface area contributed by atoms with Crippen LogP contribution in [0.15, 0.2) is 35.1 Å². The number of nitrogens with two attached hydrogens (primary N) is 1. The highest BCUT2D eigenvalue weighted by atomic mass is 79.9. The Bertz CT molecular complexity index is 580. The molecule has 0 fully saturated rings. The largest absolute Gasteiger partial charge is 0.454 e. The second kappa shape index (κ2) is 5.65. The number of rotatable bonds is 3. The Balaban J connectivity index is 2.37. The first-order chi connectivity index (χ1) is 8.61. The molecule has 0 unspecified atom stereocenters. The van der Waals surface area contributed by atoms with E-state index in [1.165, 1.54) is 18.3 Å². The summed E-state index contributed by atoms with van der Waals surface area (Å²) in [6, 6.07) is 4.39. The van der Waals surface area contributed by atoms with E-state index >= 15 is 0 Å². The summed E-state index contributed by atoms with van der Waals surface area (Å²) < 4.78 is 19.5. The molecule has 3 nitrogen and oxygen atoms in total. The van der Waals surface area contributed by atoms with Crippen molar-refractivity contribution in [2.45, 2.75) is 6.54 Å². The van der Waals surface area contributed by atoms with Crippen LogP contribution in [0.3, 0.4) is 0 Å². The van der Waals surface area contributed by atoms with Crippen LogP contribution in [0.2, 0.25) is 5.02 Å². The SMILES string of the molecule is NCc1ccncc1Oc1cc(F)c(Cl)cc1Br. The second-order valence-electron chi connectivity index (χ2n) is 3.49. The van der Waals surface area contributed by atoms with Gasteiger partial charge in [0.25, 0.3) is 0 Å². The van der Waals surface area contributed by atoms with E-state index in [0.717, 1.165) is 5.56 Å². The van der Waals surface area contributed by atoms with E-state index in [2.05, 4.69) is 20.9 Å². The molecule has 2 aromatic rings. The van der Waals surface area contributed by atoms with Gasteiger partial charge < -0.3 is 10.5 Å². The quantitative estimate of drug-likeness (QED) is 0.868. The third-order valence-corrected chi connectivity index (χ3v) is 3.19. The van der Waals surface area contributed by atoms with Gasteiger partial charge in [0.1, 0.15) is 17.3 Å². The predicted octanol–water partition coefficient (Wildman–Crippen LogP) is 3.89. The summed E-state index contributed by atoms with van der Waals surface area (Å²) in [6.45, 7) is 0.311. The summed E-state index contributed by atoms with van der Waals surface area (Å²) in [5.74, 6) is 0.259. The van der Waals surface area contributed by atoms with E-state index in [1.54, 1.807) is 12.3 Å². The van der Waals surface area contributed by atoms with Crippen molar-refractivity contribution < 1.29 is 9.13 Å². The van der Waals surface area contributed by atoms with E-state index < -0.39 is 5.82 Å². The Morgan fingerprint density at radius 3 is 2.89 bits per heavy atom. The van der Waals surface area contributed by atoms with Gasteiger partial charge >= 0.3 is 0 Å². The molecule has 0 saturated carbocycles. The Morgan fingerprint density at radius 2 is 2.17 bits per heavy atom. The lowest BCUT2D eigenvalue weighted by atomic mass is 10.2. The summed E-state index contributed by atoms with van der Waals surface area (Å²) in [5.41, 5.74) is 6.37. The smallest absolute Gasteiger partial charge is 0.150 e. The van der Waals surface area contributed by atoms with Gasteiger partial charge in [-0.15, -0.1) is 0 Å². The lowest BCUT2D eigenvalue weighted by Crippen LogP contribution is -2.00. The highest BCUT2D eigenvalue weighted by Gasteiger charge is 2.10. The Hall–Kier alpha value is -1.17. The second-order valence-corrected chi connectivity index (χ2v) is 4.75. The third kappa shape index (κ3) is 2.80. The minimum absolute atomic E-state index is 0.0273. The molecule has 0 spiro atoms. The van der Waals surface area contributed by atoms with E-state index in [4.69, 9.17) is 22.1 Å². The molecule has 0 amide bonds. The summed E-state index contributed by atoms with van der Waals surface area (Å²) in [6.07, 6.45) is 3.15. The van der Waals surface area contributed by atoms with E-state index in [-0.39, 0.29) is 5.02 Å². The maximum atomic E-state index is 13.4. The first-order valence-corrected chi connectivity index (χ1v) is 6.24. The number of pyridine rings is 1. The number of ether oxygens (including phenoxy) is 1. The summed E-state index contributed by atoms with van der Waals surface area (Å²) >= 11 is 8.91. The van der Waals surface area contributed by atoms with Gasteiger partial charge in [-0.05, 0) is 28.1 Å². The van der Waals surface area contributed by atoms with Crippen LogP contribution in [0.1, 0.15) is 5.56 Å². The molecule has 1 aromatic carbocycles. The number of hydrogen-bond donors (Lipinski definition) is 1. The Labute approximate surface area is 117 Å². The summed E-state index contributed by atoms with van der Waals surface area (Å²) in [7, 11) is 0. The van der Waals surface area contributed by atoms with Crippen LogP contribution in [0, 0.1) is 5.82 Å². The van der Waals surface area contributed by atoms with Crippen molar-refractivity contribution in [3.63, 3.8) is 0 Å². The number of hydrogen-bond acceptors (Lipinski definition) is 3. The van der Waals surface area contributed by atoms with Crippen molar-refractivity contribution in [2.75, 3.05) is 0 Å². The fraction of sp³-hybridized carbons (Fsp3) is 0.0833. The summed E-state index contributed by atoms with van der Waals surface area (Å²) in [5, 5.41) is 0.0273. The zero-order valence-corrected chi connectivity index (χ0v) is 11.5. The average molecular weight is 332 g/mol. The van der Waals surface area contributed by atoms with Crippen molar-refractivity contribution >= 4 is 27.5 Å². The van der Waals surface area contributed by atoms with Crippen LogP contribution < -0.4 is 10.5 Å². The van der Waals surface area contributed by atoms with Gasteiger partial charge in [0.05, 0.1) is 15.7 Å². The third-order valence-electron chi connectivity index (χ3n) is 2.28. The van der Waals surface area contributed by atoms with Gasteiger partial charge in [0.2, 0.25) is 0 Å². The molecule has 1 heterocycles. The number of aromatic nitrogens is 1. The van der Waals surface area contributed by atoms with Crippen LogP contribution in [-0.4, -0.2) is 4.98 Å². The summed E-state index contributed by atoms with van der Waals surface area (Å²) in [4.78, 5) is 3.94. The van der Waals surface area contributed by atoms with Crippen molar-refractivity contribution in [1.82, 2.24) is 4.98 Å². The molecule has 2 N–H and O–H groups in total. The molecule has 0 aliphatic heterocycles. The molecule has 0 saturated heterocycles. The standard InChI is InChI=1S/C12H9BrClFN2O/c13-8-3-9(14)10(15)4-11(8)18-12-6-17-2-1-7(12)5-16/h1-4,6H,5,16H2. The fourth-order valence-electron chi connectivity index (χ4n) is 1.37. The normalized spacial score (nSPS) is 10.4. The molecular formula is C12H9BrClFN2O. The van der Waals surface area contributed by atoms with E-state index in [9.17, 15) is 4.39 Å². The zero-order valence-electron chi connectivity index (χ0n) is 9.16. The van der Waals surface area contributed by atoms with Crippen LogP contribution >= 0.6 is 27.5 Å². The van der Waals surface area contributed by atoms with Crippen molar-refractivity contribution in [2.24, 2.45) is 5.73 Å². The topological polar surface area (TPSA) is 48.1 Å². The van der Waals surface area contributed by atoms with Gasteiger partial charge in [0.15, 0.2) is 0 Å². The van der Waals surface area contributed by atoms with Gasteiger partial charge in [-0.25, -0.2) is 4.39 Å². The van der Waals surface area contributed by atoms with E-state index in [0.29, 0.717) is 22.5 Å². The van der Waals surface area contributed by atoms with Crippen LogP contribution in [0.25, 0.3) is 0 Å².